The molecule has 12 heteroatoms. The third-order valence-electron chi connectivity index (χ3n) is 5.91. The predicted molar refractivity (Wildman–Crippen MR) is 155 cm³/mol. The number of rotatable bonds is 12. The molecule has 2 amide bonds. The third kappa shape index (κ3) is 8.89. The van der Waals surface area contributed by atoms with Gasteiger partial charge in [-0.3, -0.25) is 14.4 Å². The molecule has 1 atom stereocenters. The van der Waals surface area contributed by atoms with Crippen molar-refractivity contribution in [2.45, 2.75) is 25.3 Å². The van der Waals surface area contributed by atoms with E-state index < -0.39 is 29.6 Å². The summed E-state index contributed by atoms with van der Waals surface area (Å²) in [5, 5.41) is 23.1. The zero-order chi connectivity index (χ0) is 29.9. The molecule has 5 N–H and O–H groups in total. The normalized spacial score (nSPS) is 11.7. The standard InChI is InChI=1S/C29H25Cl2N5O5/c30-22-13-20(18-6-2-1-3-7-18)14-23(31)26(22)28(39)36-24(29(40)41)10-9-21(37)15-34-27(38)19-8-4-5-17(11-19)12-25(33)35-16-32/h1-8,11,13-14,24H,9-10,12,15H2,(H2,33,35)(H,34,38)(H,36,39)(H,40,41)/t24-/m0/s1. The van der Waals surface area contributed by atoms with Gasteiger partial charge in [-0.05, 0) is 47.4 Å². The number of nitrogens with zero attached hydrogens (tertiary/aromatic N) is 2. The summed E-state index contributed by atoms with van der Waals surface area (Å²) in [5.74, 6) is -3.02. The molecule has 3 aromatic rings. The molecular weight excluding hydrogens is 569 g/mol. The van der Waals surface area contributed by atoms with Crippen molar-refractivity contribution in [1.29, 1.82) is 5.26 Å². The van der Waals surface area contributed by atoms with Gasteiger partial charge in [-0.25, -0.2) is 4.79 Å². The van der Waals surface area contributed by atoms with Crippen LogP contribution in [-0.4, -0.2) is 47.1 Å². The molecule has 210 valence electrons. The largest absolute Gasteiger partial charge is 0.480 e. The first-order chi connectivity index (χ1) is 19.6. The number of amidine groups is 1. The molecule has 0 radical (unpaired) electrons. The summed E-state index contributed by atoms with van der Waals surface area (Å²) in [5.41, 5.74) is 7.98. The molecule has 0 bridgehead atoms. The van der Waals surface area contributed by atoms with Crippen molar-refractivity contribution >= 4 is 52.6 Å². The van der Waals surface area contributed by atoms with Crippen molar-refractivity contribution < 1.29 is 24.3 Å². The molecule has 0 saturated carbocycles. The van der Waals surface area contributed by atoms with Gasteiger partial charge in [-0.2, -0.15) is 10.3 Å². The number of hydrogen-bond donors (Lipinski definition) is 4. The van der Waals surface area contributed by atoms with E-state index in [1.807, 2.05) is 30.3 Å². The molecule has 0 aliphatic carbocycles. The van der Waals surface area contributed by atoms with E-state index in [-0.39, 0.29) is 52.8 Å². The summed E-state index contributed by atoms with van der Waals surface area (Å²) in [7, 11) is 0. The number of nitrogens with one attached hydrogen (secondary N) is 2. The highest BCUT2D eigenvalue weighted by Crippen LogP contribution is 2.32. The molecule has 0 heterocycles. The lowest BCUT2D eigenvalue weighted by molar-refractivity contribution is -0.139. The van der Waals surface area contributed by atoms with Crippen molar-refractivity contribution in [3.05, 3.63) is 93.5 Å². The van der Waals surface area contributed by atoms with Gasteiger partial charge in [0.2, 0.25) is 6.19 Å². The molecule has 0 aliphatic rings. The molecule has 0 saturated heterocycles. The molecule has 3 rings (SSSR count). The highest BCUT2D eigenvalue weighted by molar-refractivity contribution is 6.40. The van der Waals surface area contributed by atoms with Crippen molar-refractivity contribution in [2.75, 3.05) is 6.54 Å². The number of aliphatic imine (C=N–C) groups is 1. The Labute approximate surface area is 245 Å². The number of hydrogen-bond acceptors (Lipinski definition) is 6. The number of nitrogens with two attached hydrogens (primary N) is 1. The van der Waals surface area contributed by atoms with Gasteiger partial charge in [0.05, 0.1) is 22.2 Å². The Balaban J connectivity index is 1.57. The number of aliphatic carboxylic acids is 1. The van der Waals surface area contributed by atoms with Gasteiger partial charge in [-0.15, -0.1) is 0 Å². The predicted octanol–water partition coefficient (Wildman–Crippen LogP) is 4.00. The highest BCUT2D eigenvalue weighted by Gasteiger charge is 2.25. The average molecular weight is 594 g/mol. The van der Waals surface area contributed by atoms with E-state index in [9.17, 15) is 24.3 Å². The van der Waals surface area contributed by atoms with Crippen molar-refractivity contribution in [1.82, 2.24) is 10.6 Å². The van der Waals surface area contributed by atoms with Crippen LogP contribution in [0.2, 0.25) is 10.0 Å². The second-order valence-electron chi connectivity index (χ2n) is 8.89. The van der Waals surface area contributed by atoms with Gasteiger partial charge >= 0.3 is 5.97 Å². The van der Waals surface area contributed by atoms with Crippen LogP contribution in [0.3, 0.4) is 0 Å². The summed E-state index contributed by atoms with van der Waals surface area (Å²) in [6.07, 6.45) is 1.31. The Morgan fingerprint density at radius 2 is 1.63 bits per heavy atom. The number of carboxylic acids is 1. The number of amides is 2. The van der Waals surface area contributed by atoms with E-state index >= 15 is 0 Å². The van der Waals surface area contributed by atoms with Crippen LogP contribution in [0.4, 0.5) is 0 Å². The zero-order valence-corrected chi connectivity index (χ0v) is 23.1. The van der Waals surface area contributed by atoms with Crippen molar-refractivity contribution in [2.24, 2.45) is 10.7 Å². The summed E-state index contributed by atoms with van der Waals surface area (Å²) in [4.78, 5) is 53.0. The molecule has 0 spiro atoms. The lowest BCUT2D eigenvalue weighted by Crippen LogP contribution is -2.41. The first-order valence-corrected chi connectivity index (χ1v) is 13.0. The van der Waals surface area contributed by atoms with Crippen molar-refractivity contribution in [3.8, 4) is 17.3 Å². The lowest BCUT2D eigenvalue weighted by Gasteiger charge is -2.16. The number of nitriles is 1. The van der Waals surface area contributed by atoms with Crippen LogP contribution < -0.4 is 16.4 Å². The van der Waals surface area contributed by atoms with E-state index in [1.54, 1.807) is 42.6 Å². The molecule has 0 aromatic heterocycles. The summed E-state index contributed by atoms with van der Waals surface area (Å²) in [6, 6.07) is 17.4. The summed E-state index contributed by atoms with van der Waals surface area (Å²) in [6.45, 7) is -0.347. The first kappa shape index (κ1) is 30.8. The molecule has 10 nitrogen and oxygen atoms in total. The summed E-state index contributed by atoms with van der Waals surface area (Å²) >= 11 is 12.7. The van der Waals surface area contributed by atoms with E-state index in [1.165, 1.54) is 0 Å². The Bertz CT molecular complexity index is 1510. The number of carboxylic acid groups (broad SMARTS) is 1. The SMILES string of the molecule is N#CN=C(N)Cc1cccc(C(=O)NCC(=O)CC[C@H](NC(=O)c2c(Cl)cc(-c3ccccc3)cc2Cl)C(=O)O)c1. The Kier molecular flexibility index (Phi) is 11.0. The molecule has 0 unspecified atom stereocenters. The fourth-order valence-electron chi connectivity index (χ4n) is 3.89. The van der Waals surface area contributed by atoms with Crippen LogP contribution in [0, 0.1) is 11.5 Å². The monoisotopic (exact) mass is 593 g/mol. The number of halogens is 2. The number of benzene rings is 3. The second-order valence-corrected chi connectivity index (χ2v) is 9.70. The van der Waals surface area contributed by atoms with E-state index in [4.69, 9.17) is 34.2 Å². The Morgan fingerprint density at radius 1 is 0.951 bits per heavy atom. The van der Waals surface area contributed by atoms with E-state index in [0.717, 1.165) is 5.56 Å². The molecule has 0 fully saturated rings. The highest BCUT2D eigenvalue weighted by atomic mass is 35.5. The van der Waals surface area contributed by atoms with Gasteiger partial charge in [0.1, 0.15) is 11.9 Å². The minimum absolute atomic E-state index is 0.0425. The van der Waals surface area contributed by atoms with Gasteiger partial charge in [0.15, 0.2) is 5.78 Å². The van der Waals surface area contributed by atoms with Crippen molar-refractivity contribution in [3.63, 3.8) is 0 Å². The van der Waals surface area contributed by atoms with Crippen LogP contribution in [0.5, 0.6) is 0 Å². The number of Topliss-reactive ketones (excluding diaryl/α,β-unsaturated/α-hetero) is 1. The summed E-state index contributed by atoms with van der Waals surface area (Å²) < 4.78 is 0. The maximum Gasteiger partial charge on any atom is 0.326 e. The third-order valence-corrected chi connectivity index (χ3v) is 6.50. The zero-order valence-electron chi connectivity index (χ0n) is 21.6. The minimum Gasteiger partial charge on any atom is -0.480 e. The molecule has 41 heavy (non-hydrogen) atoms. The van der Waals surface area contributed by atoms with Crippen LogP contribution in [0.15, 0.2) is 71.7 Å². The first-order valence-electron chi connectivity index (χ1n) is 12.3. The second kappa shape index (κ2) is 14.6. The quantitative estimate of drug-likeness (QED) is 0.139. The van der Waals surface area contributed by atoms with E-state index in [0.29, 0.717) is 11.1 Å². The van der Waals surface area contributed by atoms with E-state index in [2.05, 4.69) is 15.6 Å². The van der Waals surface area contributed by atoms with Crippen LogP contribution in [0.25, 0.3) is 11.1 Å². The van der Waals surface area contributed by atoms with Gasteiger partial charge in [0, 0.05) is 18.4 Å². The Hall–Kier alpha value is -4.72. The fourth-order valence-corrected chi connectivity index (χ4v) is 4.54. The van der Waals surface area contributed by atoms with Gasteiger partial charge in [0.25, 0.3) is 11.8 Å². The maximum absolute atomic E-state index is 12.9. The average Bonchev–Trinajstić information content (AvgIpc) is 2.94. The Morgan fingerprint density at radius 3 is 2.27 bits per heavy atom. The fraction of sp³-hybridized carbons (Fsp3) is 0.172. The van der Waals surface area contributed by atoms with Crippen LogP contribution >= 0.6 is 23.2 Å². The molecular formula is C29H25Cl2N5O5. The number of carbonyl (C=O) groups excluding carboxylic acids is 3. The number of carbonyl (C=O) groups is 4. The molecule has 0 aliphatic heterocycles. The number of ketones is 1. The van der Waals surface area contributed by atoms with Gasteiger partial charge in [-0.1, -0.05) is 65.7 Å². The molecule has 3 aromatic carbocycles. The minimum atomic E-state index is -1.40. The van der Waals surface area contributed by atoms with Gasteiger partial charge < -0.3 is 21.5 Å². The topological polar surface area (TPSA) is 175 Å². The van der Waals surface area contributed by atoms with Crippen LogP contribution in [0.1, 0.15) is 39.1 Å². The smallest absolute Gasteiger partial charge is 0.326 e. The lowest BCUT2D eigenvalue weighted by atomic mass is 10.0. The van der Waals surface area contributed by atoms with Crippen LogP contribution in [-0.2, 0) is 16.0 Å². The maximum atomic E-state index is 12.9.